The minimum absolute atomic E-state index is 0.0204. The molecule has 0 spiro atoms. The van der Waals surface area contributed by atoms with Gasteiger partial charge in [0, 0.05) is 50.1 Å². The molecule has 4 aromatic heterocycles. The molecule has 19 heteroatoms. The number of carbonyl (C=O) groups excluding carboxylic acids is 3. The van der Waals surface area contributed by atoms with Crippen molar-refractivity contribution in [3.63, 3.8) is 0 Å². The molecule has 306 valence electrons. The average molecular weight is 821 g/mol. The van der Waals surface area contributed by atoms with E-state index in [9.17, 15) is 23.2 Å². The van der Waals surface area contributed by atoms with Crippen LogP contribution in [0.3, 0.4) is 0 Å². The third kappa shape index (κ3) is 7.74. The highest BCUT2D eigenvalue weighted by Crippen LogP contribution is 2.40. The molecule has 1 aliphatic heterocycles. The first-order valence-corrected chi connectivity index (χ1v) is 18.3. The molecule has 8 rings (SSSR count). The first-order chi connectivity index (χ1) is 29.0. The Kier molecular flexibility index (Phi) is 10.5. The lowest BCUT2D eigenvalue weighted by atomic mass is 10.2. The van der Waals surface area contributed by atoms with Crippen molar-refractivity contribution < 1.29 is 50.9 Å². The van der Waals surface area contributed by atoms with Crippen molar-refractivity contribution in [2.75, 3.05) is 55.1 Å². The number of fused-ring (bicyclic) bond motifs is 2. The maximum atomic E-state index is 14.9. The molecule has 7 aromatic rings. The highest BCUT2D eigenvalue weighted by Gasteiger charge is 2.37. The number of para-hydroxylation sites is 3. The molecule has 0 bridgehead atoms. The summed E-state index contributed by atoms with van der Waals surface area (Å²) in [4.78, 5) is 66.2. The van der Waals surface area contributed by atoms with Gasteiger partial charge in [-0.3, -0.25) is 0 Å². The summed E-state index contributed by atoms with van der Waals surface area (Å²) in [6.45, 7) is 4.01. The number of amides is 4. The fraction of sp³-hybridized carbons (Fsp3) is 0.195. The van der Waals surface area contributed by atoms with Crippen LogP contribution in [0.1, 0.15) is 11.5 Å². The maximum absolute atomic E-state index is 14.9. The Hall–Kier alpha value is -7.83. The van der Waals surface area contributed by atoms with Gasteiger partial charge in [0.2, 0.25) is 23.1 Å². The fourth-order valence-electron chi connectivity index (χ4n) is 6.55. The third-order valence-electron chi connectivity index (χ3n) is 9.26. The van der Waals surface area contributed by atoms with Crippen LogP contribution in [0.4, 0.5) is 46.2 Å². The van der Waals surface area contributed by atoms with E-state index in [1.165, 1.54) is 55.5 Å². The van der Waals surface area contributed by atoms with Crippen molar-refractivity contribution >= 4 is 63.7 Å². The van der Waals surface area contributed by atoms with Gasteiger partial charge in [0.25, 0.3) is 11.8 Å². The van der Waals surface area contributed by atoms with Crippen molar-refractivity contribution in [1.82, 2.24) is 24.8 Å². The number of carbonyl (C=O) groups is 3. The van der Waals surface area contributed by atoms with E-state index in [0.29, 0.717) is 27.6 Å². The number of imide groups is 1. The second kappa shape index (κ2) is 16.2. The average Bonchev–Trinajstić information content (AvgIpc) is 3.80. The van der Waals surface area contributed by atoms with Gasteiger partial charge in [0.05, 0.1) is 19.9 Å². The zero-order valence-electron chi connectivity index (χ0n) is 32.4. The maximum Gasteiger partial charge on any atom is 0.431 e. The summed E-state index contributed by atoms with van der Waals surface area (Å²) in [7, 11) is 2.60. The summed E-state index contributed by atoms with van der Waals surface area (Å²) >= 11 is 0. The molecule has 5 heterocycles. The van der Waals surface area contributed by atoms with Crippen LogP contribution in [0, 0.1) is 25.5 Å². The summed E-state index contributed by atoms with van der Waals surface area (Å²) in [5.41, 5.74) is 1.02. The molecular formula is C41H34F2N8O9. The molecule has 1 fully saturated rings. The molecule has 4 amide bonds. The Morgan fingerprint density at radius 3 is 1.83 bits per heavy atom. The summed E-state index contributed by atoms with van der Waals surface area (Å²) in [5.74, 6) is -1.50. The number of rotatable bonds is 8. The van der Waals surface area contributed by atoms with Gasteiger partial charge in [-0.15, -0.1) is 0 Å². The largest absolute Gasteiger partial charge is 0.478 e. The Morgan fingerprint density at radius 1 is 0.667 bits per heavy atom. The van der Waals surface area contributed by atoms with Crippen LogP contribution in [0.5, 0.6) is 23.3 Å². The minimum atomic E-state index is -1.32. The van der Waals surface area contributed by atoms with Crippen molar-refractivity contribution in [1.29, 1.82) is 0 Å². The van der Waals surface area contributed by atoms with Gasteiger partial charge < -0.3 is 37.6 Å². The molecule has 0 unspecified atom stereocenters. The topological polar surface area (TPSA) is 179 Å². The molecule has 60 heavy (non-hydrogen) atoms. The number of furan rings is 2. The SMILES string of the molecule is COc1nc2oc(C)cc2nc1N(C(=O)Oc1ccccc1)C(=O)Oc1ccccc1N(C(=O)N1CCN(c2cc(F)cc(F)c2)CC1)c1nc2cc(C)oc2nc1OC. The lowest BCUT2D eigenvalue weighted by Crippen LogP contribution is -2.52. The molecule has 0 N–H and O–H groups in total. The number of aryl methyl sites for hydroxylation is 2. The zero-order valence-corrected chi connectivity index (χ0v) is 32.4. The normalized spacial score (nSPS) is 12.7. The Bertz CT molecular complexity index is 2740. The van der Waals surface area contributed by atoms with E-state index in [1.54, 1.807) is 61.2 Å². The van der Waals surface area contributed by atoms with Crippen LogP contribution in [-0.2, 0) is 0 Å². The van der Waals surface area contributed by atoms with Gasteiger partial charge in [-0.05, 0) is 50.2 Å². The predicted octanol–water partition coefficient (Wildman–Crippen LogP) is 7.96. The molecule has 0 aliphatic carbocycles. The van der Waals surface area contributed by atoms with Gasteiger partial charge in [0.1, 0.15) is 39.9 Å². The highest BCUT2D eigenvalue weighted by atomic mass is 19.1. The number of ether oxygens (including phenoxy) is 4. The Morgan fingerprint density at radius 2 is 1.22 bits per heavy atom. The van der Waals surface area contributed by atoms with Crippen molar-refractivity contribution in [2.24, 2.45) is 0 Å². The molecule has 1 aliphatic rings. The molecule has 1 saturated heterocycles. The van der Waals surface area contributed by atoms with Crippen molar-refractivity contribution in [3.05, 3.63) is 108 Å². The number of nitrogens with zero attached hydrogens (tertiary/aromatic N) is 8. The Labute approximate surface area is 339 Å². The van der Waals surface area contributed by atoms with Gasteiger partial charge in [-0.25, -0.2) is 38.0 Å². The van der Waals surface area contributed by atoms with Crippen molar-refractivity contribution in [2.45, 2.75) is 13.8 Å². The molecule has 0 saturated carbocycles. The number of anilines is 4. The summed E-state index contributed by atoms with van der Waals surface area (Å²) in [6.07, 6.45) is -2.55. The van der Waals surface area contributed by atoms with E-state index < -0.39 is 29.9 Å². The smallest absolute Gasteiger partial charge is 0.431 e. The summed E-state index contributed by atoms with van der Waals surface area (Å²) in [5, 5.41) is 0. The van der Waals surface area contributed by atoms with Gasteiger partial charge >= 0.3 is 18.2 Å². The monoisotopic (exact) mass is 820 g/mol. The van der Waals surface area contributed by atoms with E-state index >= 15 is 0 Å². The lowest BCUT2D eigenvalue weighted by Gasteiger charge is -2.38. The van der Waals surface area contributed by atoms with Gasteiger partial charge in [-0.2, -0.15) is 14.9 Å². The van der Waals surface area contributed by atoms with Gasteiger partial charge in [0.15, 0.2) is 5.75 Å². The van der Waals surface area contributed by atoms with Gasteiger partial charge in [-0.1, -0.05) is 30.3 Å². The van der Waals surface area contributed by atoms with Crippen molar-refractivity contribution in [3.8, 4) is 23.3 Å². The quantitative estimate of drug-likeness (QED) is 0.144. The number of halogens is 2. The van der Waals surface area contributed by atoms with Crippen LogP contribution >= 0.6 is 0 Å². The molecule has 0 radical (unpaired) electrons. The van der Waals surface area contributed by atoms with E-state index in [0.717, 1.165) is 11.0 Å². The van der Waals surface area contributed by atoms with E-state index in [1.807, 2.05) is 0 Å². The van der Waals surface area contributed by atoms with Crippen LogP contribution in [0.25, 0.3) is 22.5 Å². The van der Waals surface area contributed by atoms with E-state index in [-0.39, 0.29) is 83.7 Å². The lowest BCUT2D eigenvalue weighted by molar-refractivity contribution is 0.189. The fourth-order valence-corrected chi connectivity index (χ4v) is 6.55. The molecule has 17 nitrogen and oxygen atoms in total. The standard InChI is InChI=1S/C41H34F2N8O9/c1-23-18-29-35(57-23)46-37(55-3)33(44-29)50(39(52)49-16-14-48(15-17-49)27-21-25(42)20-26(43)22-27)31-12-8-9-13-32(31)60-41(54)51(40(53)59-28-10-6-5-7-11-28)34-38(56-4)47-36-30(45-34)19-24(2)58-36/h5-13,18-22H,14-17H2,1-4H3. The number of methoxy groups -OCH3 is 2. The second-order valence-electron chi connectivity index (χ2n) is 13.3. The number of piperazine rings is 1. The Balaban J connectivity index is 1.19. The first-order valence-electron chi connectivity index (χ1n) is 18.3. The summed E-state index contributed by atoms with van der Waals surface area (Å²) in [6, 6.07) is 19.8. The number of hydrogen-bond acceptors (Lipinski definition) is 14. The zero-order chi connectivity index (χ0) is 42.1. The molecule has 3 aromatic carbocycles. The number of urea groups is 1. The highest BCUT2D eigenvalue weighted by molar-refractivity contribution is 6.11. The van der Waals surface area contributed by atoms with E-state index in [4.69, 9.17) is 32.8 Å². The second-order valence-corrected chi connectivity index (χ2v) is 13.3. The third-order valence-corrected chi connectivity index (χ3v) is 9.26. The number of aromatic nitrogens is 4. The van der Waals surface area contributed by atoms with Crippen LogP contribution in [-0.4, -0.2) is 83.5 Å². The van der Waals surface area contributed by atoms with Crippen LogP contribution in [0.15, 0.2) is 93.8 Å². The number of benzene rings is 3. The first kappa shape index (κ1) is 39.0. The van der Waals surface area contributed by atoms with Crippen LogP contribution < -0.4 is 33.6 Å². The number of hydrogen-bond donors (Lipinski definition) is 0. The molecule has 0 atom stereocenters. The minimum Gasteiger partial charge on any atom is -0.478 e. The van der Waals surface area contributed by atoms with E-state index in [2.05, 4.69) is 15.0 Å². The predicted molar refractivity (Wildman–Crippen MR) is 211 cm³/mol. The summed E-state index contributed by atoms with van der Waals surface area (Å²) < 4.78 is 62.1. The molecular weight excluding hydrogens is 786 g/mol. The van der Waals surface area contributed by atoms with Crippen LogP contribution in [0.2, 0.25) is 0 Å².